The van der Waals surface area contributed by atoms with Crippen molar-refractivity contribution in [1.29, 1.82) is 0 Å². The lowest BCUT2D eigenvalue weighted by Gasteiger charge is -2.01. The van der Waals surface area contributed by atoms with E-state index in [1.165, 1.54) is 24.4 Å². The summed E-state index contributed by atoms with van der Waals surface area (Å²) in [6.45, 7) is 0.194. The molecule has 0 atom stereocenters. The number of benzene rings is 2. The first-order valence-corrected chi connectivity index (χ1v) is 6.21. The van der Waals surface area contributed by atoms with Crippen LogP contribution in [0.25, 0.3) is 0 Å². The van der Waals surface area contributed by atoms with Crippen molar-refractivity contribution in [3.63, 3.8) is 0 Å². The maximum Gasteiger partial charge on any atom is 0.274 e. The number of fused-ring (bicyclic) bond motifs is 1. The SMILES string of the molecule is O=C(N/N=C/c1ccc2c(c1)OCO2)c1ccccc1F. The van der Waals surface area contributed by atoms with Crippen molar-refractivity contribution in [3.05, 3.63) is 59.4 Å². The Labute approximate surface area is 120 Å². The minimum absolute atomic E-state index is 0.0552. The van der Waals surface area contributed by atoms with Crippen molar-refractivity contribution in [2.45, 2.75) is 0 Å². The normalized spacial score (nSPS) is 12.6. The van der Waals surface area contributed by atoms with Crippen LogP contribution in [-0.4, -0.2) is 18.9 Å². The van der Waals surface area contributed by atoms with E-state index in [9.17, 15) is 9.18 Å². The molecule has 1 aliphatic heterocycles. The molecule has 6 heteroatoms. The van der Waals surface area contributed by atoms with Crippen molar-refractivity contribution >= 4 is 12.1 Å². The third-order valence-corrected chi connectivity index (χ3v) is 2.89. The molecule has 0 radical (unpaired) electrons. The van der Waals surface area contributed by atoms with Crippen molar-refractivity contribution in [1.82, 2.24) is 5.43 Å². The van der Waals surface area contributed by atoms with E-state index in [1.807, 2.05) is 0 Å². The van der Waals surface area contributed by atoms with E-state index in [0.717, 1.165) is 5.56 Å². The Morgan fingerprint density at radius 2 is 2.00 bits per heavy atom. The van der Waals surface area contributed by atoms with E-state index in [4.69, 9.17) is 9.47 Å². The molecule has 1 aliphatic rings. The fraction of sp³-hybridized carbons (Fsp3) is 0.0667. The highest BCUT2D eigenvalue weighted by Gasteiger charge is 2.12. The Morgan fingerprint density at radius 1 is 1.19 bits per heavy atom. The van der Waals surface area contributed by atoms with Crippen LogP contribution in [0, 0.1) is 5.82 Å². The zero-order valence-electron chi connectivity index (χ0n) is 10.9. The summed E-state index contributed by atoms with van der Waals surface area (Å²) in [4.78, 5) is 11.7. The molecule has 106 valence electrons. The summed E-state index contributed by atoms with van der Waals surface area (Å²) in [5, 5.41) is 3.80. The lowest BCUT2D eigenvalue weighted by molar-refractivity contribution is 0.0951. The van der Waals surface area contributed by atoms with Gasteiger partial charge in [-0.1, -0.05) is 12.1 Å². The number of carbonyl (C=O) groups is 1. The summed E-state index contributed by atoms with van der Waals surface area (Å²) < 4.78 is 23.8. The van der Waals surface area contributed by atoms with Crippen molar-refractivity contribution in [3.8, 4) is 11.5 Å². The van der Waals surface area contributed by atoms with E-state index in [0.29, 0.717) is 11.5 Å². The van der Waals surface area contributed by atoms with Crippen LogP contribution in [0.5, 0.6) is 11.5 Å². The van der Waals surface area contributed by atoms with E-state index in [-0.39, 0.29) is 12.4 Å². The zero-order chi connectivity index (χ0) is 14.7. The van der Waals surface area contributed by atoms with Crippen LogP contribution >= 0.6 is 0 Å². The summed E-state index contributed by atoms with van der Waals surface area (Å²) in [7, 11) is 0. The Kier molecular flexibility index (Phi) is 3.51. The molecule has 0 aliphatic carbocycles. The van der Waals surface area contributed by atoms with Gasteiger partial charge in [0.1, 0.15) is 5.82 Å². The lowest BCUT2D eigenvalue weighted by atomic mass is 10.2. The van der Waals surface area contributed by atoms with Gasteiger partial charge in [-0.3, -0.25) is 4.79 Å². The molecule has 2 aromatic carbocycles. The number of carbonyl (C=O) groups excluding carboxylic acids is 1. The van der Waals surface area contributed by atoms with Gasteiger partial charge in [-0.25, -0.2) is 9.82 Å². The van der Waals surface area contributed by atoms with E-state index in [1.54, 1.807) is 24.3 Å². The highest BCUT2D eigenvalue weighted by atomic mass is 19.1. The number of hydrogen-bond donors (Lipinski definition) is 1. The lowest BCUT2D eigenvalue weighted by Crippen LogP contribution is -2.18. The third-order valence-electron chi connectivity index (χ3n) is 2.89. The van der Waals surface area contributed by atoms with E-state index in [2.05, 4.69) is 10.5 Å². The van der Waals surface area contributed by atoms with Crippen LogP contribution in [0.15, 0.2) is 47.6 Å². The maximum absolute atomic E-state index is 13.4. The average molecular weight is 286 g/mol. The highest BCUT2D eigenvalue weighted by Crippen LogP contribution is 2.31. The van der Waals surface area contributed by atoms with Crippen LogP contribution in [-0.2, 0) is 0 Å². The predicted molar refractivity (Wildman–Crippen MR) is 74.0 cm³/mol. The molecule has 1 N–H and O–H groups in total. The Balaban J connectivity index is 1.67. The number of hydrazone groups is 1. The molecule has 1 amide bonds. The minimum atomic E-state index is -0.606. The van der Waals surface area contributed by atoms with Crippen LogP contribution < -0.4 is 14.9 Å². The molecular formula is C15H11FN2O3. The van der Waals surface area contributed by atoms with Crippen LogP contribution in [0.4, 0.5) is 4.39 Å². The molecule has 1 heterocycles. The van der Waals surface area contributed by atoms with Crippen molar-refractivity contribution in [2.75, 3.05) is 6.79 Å². The Hall–Kier alpha value is -2.89. The average Bonchev–Trinajstić information content (AvgIpc) is 2.95. The molecular weight excluding hydrogens is 275 g/mol. The molecule has 2 aromatic rings. The van der Waals surface area contributed by atoms with Crippen LogP contribution in [0.2, 0.25) is 0 Å². The molecule has 0 saturated heterocycles. The van der Waals surface area contributed by atoms with E-state index >= 15 is 0 Å². The summed E-state index contributed by atoms with van der Waals surface area (Å²) in [6, 6.07) is 11.0. The first-order chi connectivity index (χ1) is 10.2. The number of amides is 1. The van der Waals surface area contributed by atoms with Gasteiger partial charge < -0.3 is 9.47 Å². The van der Waals surface area contributed by atoms with Crippen molar-refractivity contribution in [2.24, 2.45) is 5.10 Å². The molecule has 0 spiro atoms. The molecule has 21 heavy (non-hydrogen) atoms. The quantitative estimate of drug-likeness (QED) is 0.696. The van der Waals surface area contributed by atoms with Crippen molar-refractivity contribution < 1.29 is 18.7 Å². The minimum Gasteiger partial charge on any atom is -0.454 e. The number of nitrogens with one attached hydrogen (secondary N) is 1. The number of ether oxygens (including phenoxy) is 2. The maximum atomic E-state index is 13.4. The smallest absolute Gasteiger partial charge is 0.274 e. The number of halogens is 1. The summed E-state index contributed by atoms with van der Waals surface area (Å²) in [5.41, 5.74) is 2.95. The molecule has 0 saturated carbocycles. The van der Waals surface area contributed by atoms with Gasteiger partial charge in [0.2, 0.25) is 6.79 Å². The van der Waals surface area contributed by atoms with Gasteiger partial charge in [-0.05, 0) is 35.9 Å². The zero-order valence-corrected chi connectivity index (χ0v) is 10.9. The Morgan fingerprint density at radius 3 is 2.86 bits per heavy atom. The highest BCUT2D eigenvalue weighted by molar-refractivity contribution is 5.95. The van der Waals surface area contributed by atoms with Gasteiger partial charge in [0.05, 0.1) is 11.8 Å². The summed E-state index contributed by atoms with van der Waals surface area (Å²) in [6.07, 6.45) is 1.45. The van der Waals surface area contributed by atoms with Gasteiger partial charge in [0.25, 0.3) is 5.91 Å². The Bertz CT molecular complexity index is 716. The van der Waals surface area contributed by atoms with E-state index < -0.39 is 11.7 Å². The molecule has 3 rings (SSSR count). The first kappa shape index (κ1) is 13.1. The topological polar surface area (TPSA) is 59.9 Å². The third kappa shape index (κ3) is 2.84. The summed E-state index contributed by atoms with van der Waals surface area (Å²) in [5.74, 6) is 0.0975. The van der Waals surface area contributed by atoms with Gasteiger partial charge in [-0.2, -0.15) is 5.10 Å². The largest absolute Gasteiger partial charge is 0.454 e. The van der Waals surface area contributed by atoms with Crippen LogP contribution in [0.3, 0.4) is 0 Å². The molecule has 0 unspecified atom stereocenters. The molecule has 0 aromatic heterocycles. The predicted octanol–water partition coefficient (Wildman–Crippen LogP) is 2.32. The van der Waals surface area contributed by atoms with Crippen LogP contribution in [0.1, 0.15) is 15.9 Å². The molecule has 5 nitrogen and oxygen atoms in total. The molecule has 0 bridgehead atoms. The molecule has 0 fully saturated rings. The standard InChI is InChI=1S/C15H11FN2O3/c16-12-4-2-1-3-11(12)15(19)18-17-8-10-5-6-13-14(7-10)21-9-20-13/h1-8H,9H2,(H,18,19)/b17-8+. The fourth-order valence-electron chi connectivity index (χ4n) is 1.86. The summed E-state index contributed by atoms with van der Waals surface area (Å²) >= 11 is 0. The van der Waals surface area contributed by atoms with Gasteiger partial charge >= 0.3 is 0 Å². The first-order valence-electron chi connectivity index (χ1n) is 6.21. The van der Waals surface area contributed by atoms with Gasteiger partial charge in [-0.15, -0.1) is 0 Å². The second kappa shape index (κ2) is 5.62. The fourth-order valence-corrected chi connectivity index (χ4v) is 1.86. The number of nitrogens with zero attached hydrogens (tertiary/aromatic N) is 1. The van der Waals surface area contributed by atoms with Gasteiger partial charge in [0, 0.05) is 0 Å². The number of rotatable bonds is 3. The second-order valence-electron chi connectivity index (χ2n) is 4.29. The second-order valence-corrected chi connectivity index (χ2v) is 4.29. The monoisotopic (exact) mass is 286 g/mol. The number of hydrogen-bond acceptors (Lipinski definition) is 4. The van der Waals surface area contributed by atoms with Gasteiger partial charge in [0.15, 0.2) is 11.5 Å².